The number of aliphatic imine (C=N–C) groups is 1. The number of benzene rings is 1. The van der Waals surface area contributed by atoms with Crippen molar-refractivity contribution in [2.45, 2.75) is 72.1 Å². The second kappa shape index (κ2) is 8.89. The average Bonchev–Trinajstić information content (AvgIpc) is 2.66. The minimum absolute atomic E-state index is 0.194. The largest absolute Gasteiger partial charge is 0.370 e. The smallest absolute Gasteiger partial charge is 0.129 e. The van der Waals surface area contributed by atoms with Gasteiger partial charge < -0.3 is 5.32 Å². The molecule has 0 atom stereocenters. The van der Waals surface area contributed by atoms with Crippen molar-refractivity contribution >= 4 is 11.5 Å². The Kier molecular flexibility index (Phi) is 6.53. The van der Waals surface area contributed by atoms with Crippen molar-refractivity contribution in [3.63, 3.8) is 0 Å². The van der Waals surface area contributed by atoms with Gasteiger partial charge in [-0.3, -0.25) is 4.99 Å². The van der Waals surface area contributed by atoms with Crippen LogP contribution in [0.2, 0.25) is 0 Å². The van der Waals surface area contributed by atoms with Crippen LogP contribution in [0.15, 0.2) is 35.3 Å². The number of aromatic nitrogens is 1. The molecule has 2 aromatic rings. The lowest BCUT2D eigenvalue weighted by atomic mass is 9.83. The summed E-state index contributed by atoms with van der Waals surface area (Å²) in [6, 6.07) is 11.3. The highest BCUT2D eigenvalue weighted by Gasteiger charge is 2.16. The molecule has 28 heavy (non-hydrogen) atoms. The lowest BCUT2D eigenvalue weighted by Crippen LogP contribution is -2.14. The van der Waals surface area contributed by atoms with Gasteiger partial charge in [-0.05, 0) is 73.3 Å². The first-order valence-electron chi connectivity index (χ1n) is 10.7. The summed E-state index contributed by atoms with van der Waals surface area (Å²) in [5, 5.41) is 3.41. The molecule has 1 aromatic heterocycles. The van der Waals surface area contributed by atoms with Crippen LogP contribution in [0.4, 0.5) is 5.82 Å². The van der Waals surface area contributed by atoms with E-state index in [1.807, 2.05) is 0 Å². The Labute approximate surface area is 170 Å². The molecule has 3 nitrogen and oxygen atoms in total. The van der Waals surface area contributed by atoms with Gasteiger partial charge in [-0.1, -0.05) is 45.0 Å². The summed E-state index contributed by atoms with van der Waals surface area (Å²) in [5.41, 5.74) is 8.15. The molecule has 1 aromatic carbocycles. The molecule has 3 rings (SSSR count). The highest BCUT2D eigenvalue weighted by atomic mass is 15.0. The zero-order chi connectivity index (χ0) is 20.1. The predicted octanol–water partition coefficient (Wildman–Crippen LogP) is 5.68. The number of anilines is 1. The van der Waals surface area contributed by atoms with Gasteiger partial charge in [0.05, 0.1) is 0 Å². The monoisotopic (exact) mass is 377 g/mol. The van der Waals surface area contributed by atoms with Gasteiger partial charge in [0.2, 0.25) is 0 Å². The van der Waals surface area contributed by atoms with Crippen molar-refractivity contribution < 1.29 is 0 Å². The van der Waals surface area contributed by atoms with E-state index in [9.17, 15) is 0 Å². The Morgan fingerprint density at radius 2 is 1.96 bits per heavy atom. The van der Waals surface area contributed by atoms with Crippen LogP contribution in [-0.4, -0.2) is 23.8 Å². The van der Waals surface area contributed by atoms with Gasteiger partial charge in [-0.15, -0.1) is 0 Å². The molecule has 0 amide bonds. The first kappa shape index (κ1) is 20.6. The molecule has 0 radical (unpaired) electrons. The van der Waals surface area contributed by atoms with E-state index >= 15 is 0 Å². The minimum Gasteiger partial charge on any atom is -0.370 e. The third-order valence-corrected chi connectivity index (χ3v) is 5.59. The lowest BCUT2D eigenvalue weighted by Gasteiger charge is -2.22. The van der Waals surface area contributed by atoms with Crippen molar-refractivity contribution in [3.8, 4) is 0 Å². The zero-order valence-corrected chi connectivity index (χ0v) is 18.2. The fraction of sp³-hybridized carbons (Fsp3) is 0.520. The highest BCUT2D eigenvalue weighted by Crippen LogP contribution is 2.27. The number of pyridine rings is 1. The Morgan fingerprint density at radius 3 is 2.75 bits per heavy atom. The quantitative estimate of drug-likeness (QED) is 0.657. The summed E-state index contributed by atoms with van der Waals surface area (Å²) in [6.45, 7) is 13.1. The van der Waals surface area contributed by atoms with Crippen molar-refractivity contribution in [1.82, 2.24) is 4.98 Å². The second-order valence-corrected chi connectivity index (χ2v) is 9.11. The van der Waals surface area contributed by atoms with Gasteiger partial charge in [0.1, 0.15) is 5.82 Å². The van der Waals surface area contributed by atoms with E-state index in [0.717, 1.165) is 50.3 Å². The molecule has 0 saturated carbocycles. The molecule has 1 aliphatic rings. The summed E-state index contributed by atoms with van der Waals surface area (Å²) in [5.74, 6) is 1.08. The number of aryl methyl sites for hydroxylation is 3. The summed E-state index contributed by atoms with van der Waals surface area (Å²) >= 11 is 0. The maximum atomic E-state index is 4.79. The number of nitrogens with one attached hydrogen (secondary N) is 1. The summed E-state index contributed by atoms with van der Waals surface area (Å²) in [7, 11) is 0. The first-order valence-corrected chi connectivity index (χ1v) is 10.7. The molecule has 0 spiro atoms. The Hall–Kier alpha value is -2.16. The van der Waals surface area contributed by atoms with Crippen LogP contribution in [0.1, 0.15) is 68.5 Å². The van der Waals surface area contributed by atoms with Gasteiger partial charge in [0, 0.05) is 30.9 Å². The molecular weight excluding hydrogens is 342 g/mol. The maximum absolute atomic E-state index is 4.79. The molecule has 1 N–H and O–H groups in total. The fourth-order valence-corrected chi connectivity index (χ4v) is 3.91. The highest BCUT2D eigenvalue weighted by molar-refractivity contribution is 5.82. The number of fused-ring (bicyclic) bond motifs is 1. The molecule has 150 valence electrons. The number of hydrogen-bond acceptors (Lipinski definition) is 3. The van der Waals surface area contributed by atoms with Crippen molar-refractivity contribution in [2.24, 2.45) is 4.99 Å². The van der Waals surface area contributed by atoms with E-state index in [1.54, 1.807) is 0 Å². The standard InChI is InChI=1S/C25H35N3/c1-18-8-10-20(17-23(18)25(3,4)5)11-9-19(2)26-16-14-22-13-12-21-7-6-15-27-24(21)28-22/h8,10,12-13,17H,6-7,9,11,14-16H2,1-5H3,(H,27,28). The van der Waals surface area contributed by atoms with Crippen molar-refractivity contribution in [3.05, 3.63) is 58.3 Å². The third kappa shape index (κ3) is 5.43. The van der Waals surface area contributed by atoms with E-state index in [4.69, 9.17) is 9.98 Å². The van der Waals surface area contributed by atoms with Crippen molar-refractivity contribution in [2.75, 3.05) is 18.4 Å². The van der Waals surface area contributed by atoms with Crippen LogP contribution < -0.4 is 5.32 Å². The van der Waals surface area contributed by atoms with Gasteiger partial charge in [0.15, 0.2) is 0 Å². The molecule has 0 unspecified atom stereocenters. The molecule has 1 aliphatic heterocycles. The van der Waals surface area contributed by atoms with Crippen LogP contribution in [0.25, 0.3) is 0 Å². The molecule has 0 saturated heterocycles. The Balaban J connectivity index is 1.53. The van der Waals surface area contributed by atoms with E-state index in [0.29, 0.717) is 0 Å². The van der Waals surface area contributed by atoms with Gasteiger partial charge in [-0.25, -0.2) is 4.98 Å². The van der Waals surface area contributed by atoms with Crippen LogP contribution in [0.3, 0.4) is 0 Å². The number of hydrogen-bond donors (Lipinski definition) is 1. The van der Waals surface area contributed by atoms with Gasteiger partial charge >= 0.3 is 0 Å². The molecule has 0 bridgehead atoms. The molecule has 2 heterocycles. The topological polar surface area (TPSA) is 37.3 Å². The van der Waals surface area contributed by atoms with E-state index in [1.165, 1.54) is 34.4 Å². The molecule has 0 aliphatic carbocycles. The lowest BCUT2D eigenvalue weighted by molar-refractivity contribution is 0.585. The fourth-order valence-electron chi connectivity index (χ4n) is 3.91. The minimum atomic E-state index is 0.194. The SMILES string of the molecule is CC(CCc1ccc(C)c(C(C)(C)C)c1)=NCCc1ccc2c(n1)NCCC2. The predicted molar refractivity (Wildman–Crippen MR) is 121 cm³/mol. The van der Waals surface area contributed by atoms with E-state index < -0.39 is 0 Å². The average molecular weight is 378 g/mol. The summed E-state index contributed by atoms with van der Waals surface area (Å²) < 4.78 is 0. The number of nitrogens with zero attached hydrogens (tertiary/aromatic N) is 2. The molecule has 0 fully saturated rings. The normalized spacial score (nSPS) is 14.5. The van der Waals surface area contributed by atoms with Crippen LogP contribution in [0.5, 0.6) is 0 Å². The zero-order valence-electron chi connectivity index (χ0n) is 18.2. The van der Waals surface area contributed by atoms with Gasteiger partial charge in [0.25, 0.3) is 0 Å². The number of rotatable bonds is 6. The maximum Gasteiger partial charge on any atom is 0.129 e. The van der Waals surface area contributed by atoms with Crippen molar-refractivity contribution in [1.29, 1.82) is 0 Å². The third-order valence-electron chi connectivity index (χ3n) is 5.59. The van der Waals surface area contributed by atoms with E-state index in [-0.39, 0.29) is 5.41 Å². The molecule has 3 heteroatoms. The summed E-state index contributed by atoms with van der Waals surface area (Å²) in [4.78, 5) is 9.56. The molecular formula is C25H35N3. The Bertz CT molecular complexity index is 843. The van der Waals surface area contributed by atoms with Crippen LogP contribution in [-0.2, 0) is 24.7 Å². The van der Waals surface area contributed by atoms with Crippen LogP contribution in [0, 0.1) is 6.92 Å². The van der Waals surface area contributed by atoms with Gasteiger partial charge in [-0.2, -0.15) is 0 Å². The summed E-state index contributed by atoms with van der Waals surface area (Å²) in [6.07, 6.45) is 5.33. The Morgan fingerprint density at radius 1 is 1.14 bits per heavy atom. The second-order valence-electron chi connectivity index (χ2n) is 9.11. The van der Waals surface area contributed by atoms with Crippen LogP contribution >= 0.6 is 0 Å². The first-order chi connectivity index (χ1) is 13.3. The van der Waals surface area contributed by atoms with E-state index in [2.05, 4.69) is 70.3 Å².